The lowest BCUT2D eigenvalue weighted by Gasteiger charge is -2.21. The maximum Gasteiger partial charge on any atom is 0.0411 e. The Labute approximate surface area is 97.6 Å². The fourth-order valence-corrected chi connectivity index (χ4v) is 2.25. The van der Waals surface area contributed by atoms with Gasteiger partial charge in [-0.3, -0.25) is 0 Å². The minimum atomic E-state index is 0.700. The van der Waals surface area contributed by atoms with Crippen molar-refractivity contribution in [1.29, 1.82) is 0 Å². The summed E-state index contributed by atoms with van der Waals surface area (Å²) in [4.78, 5) is 2.49. The molecule has 88 valence electrons. The van der Waals surface area contributed by atoms with E-state index < -0.39 is 0 Å². The fraction of sp³-hybridized carbons (Fsp3) is 0.538. The van der Waals surface area contributed by atoms with Crippen LogP contribution in [0.2, 0.25) is 0 Å². The first-order valence-corrected chi connectivity index (χ1v) is 6.15. The predicted molar refractivity (Wildman–Crippen MR) is 68.7 cm³/mol. The van der Waals surface area contributed by atoms with E-state index in [2.05, 4.69) is 34.5 Å². The molecule has 0 amide bonds. The van der Waals surface area contributed by atoms with Crippen LogP contribution in [0, 0.1) is 0 Å². The first-order valence-electron chi connectivity index (χ1n) is 6.15. The molecule has 1 heterocycles. The molecule has 3 nitrogen and oxygen atoms in total. The van der Waals surface area contributed by atoms with Gasteiger partial charge in [-0.1, -0.05) is 18.2 Å². The third-order valence-corrected chi connectivity index (χ3v) is 3.07. The van der Waals surface area contributed by atoms with Gasteiger partial charge in [-0.15, -0.1) is 0 Å². The van der Waals surface area contributed by atoms with Gasteiger partial charge in [0.15, 0.2) is 0 Å². The quantitative estimate of drug-likeness (QED) is 0.734. The average molecular weight is 219 g/mol. The van der Waals surface area contributed by atoms with E-state index >= 15 is 0 Å². The Hall–Kier alpha value is -1.06. The fourth-order valence-electron chi connectivity index (χ4n) is 2.25. The first-order chi connectivity index (χ1) is 7.92. The molecule has 0 aliphatic carbocycles. The van der Waals surface area contributed by atoms with Gasteiger partial charge in [0.2, 0.25) is 0 Å². The van der Waals surface area contributed by atoms with E-state index in [9.17, 15) is 0 Å². The molecule has 1 aliphatic rings. The van der Waals surface area contributed by atoms with E-state index in [1.807, 2.05) is 0 Å². The summed E-state index contributed by atoms with van der Waals surface area (Å²) >= 11 is 0. The average Bonchev–Trinajstić information content (AvgIpc) is 2.83. The van der Waals surface area contributed by atoms with E-state index in [4.69, 9.17) is 5.73 Å². The lowest BCUT2D eigenvalue weighted by molar-refractivity contribution is 0.693. The van der Waals surface area contributed by atoms with Crippen molar-refractivity contribution in [3.8, 4) is 0 Å². The van der Waals surface area contributed by atoms with Gasteiger partial charge < -0.3 is 16.0 Å². The van der Waals surface area contributed by atoms with Crippen molar-refractivity contribution in [2.75, 3.05) is 31.1 Å². The summed E-state index contributed by atoms with van der Waals surface area (Å²) in [6.07, 6.45) is 2.65. The summed E-state index contributed by atoms with van der Waals surface area (Å²) in [5.41, 5.74) is 8.26. The van der Waals surface area contributed by atoms with Gasteiger partial charge in [0.1, 0.15) is 0 Å². The molecule has 16 heavy (non-hydrogen) atoms. The van der Waals surface area contributed by atoms with E-state index in [1.165, 1.54) is 37.2 Å². The van der Waals surface area contributed by atoms with Crippen molar-refractivity contribution in [2.24, 2.45) is 5.73 Å². The van der Waals surface area contributed by atoms with Crippen LogP contribution in [0.15, 0.2) is 24.3 Å². The monoisotopic (exact) mass is 219 g/mol. The van der Waals surface area contributed by atoms with Crippen LogP contribution in [0.1, 0.15) is 18.4 Å². The molecule has 3 N–H and O–H groups in total. The molecule has 1 aliphatic heterocycles. The number of hydrogen-bond donors (Lipinski definition) is 2. The van der Waals surface area contributed by atoms with E-state index in [0.717, 1.165) is 13.1 Å². The van der Waals surface area contributed by atoms with Crippen LogP contribution in [-0.2, 0) is 6.54 Å². The standard InChI is InChI=1S/C13H21N3/c14-7-8-15-11-12-5-1-2-6-13(12)16-9-3-4-10-16/h1-2,5-6,15H,3-4,7-11,14H2. The Morgan fingerprint density at radius 2 is 1.94 bits per heavy atom. The highest BCUT2D eigenvalue weighted by Crippen LogP contribution is 2.24. The normalized spacial score (nSPS) is 15.7. The molecule has 0 bridgehead atoms. The number of benzene rings is 1. The van der Waals surface area contributed by atoms with Crippen molar-refractivity contribution < 1.29 is 0 Å². The number of nitrogens with zero attached hydrogens (tertiary/aromatic N) is 1. The van der Waals surface area contributed by atoms with Crippen LogP contribution in [0.5, 0.6) is 0 Å². The highest BCUT2D eigenvalue weighted by atomic mass is 15.1. The second-order valence-electron chi connectivity index (χ2n) is 4.29. The molecule has 0 radical (unpaired) electrons. The molecular weight excluding hydrogens is 198 g/mol. The van der Waals surface area contributed by atoms with Crippen molar-refractivity contribution in [2.45, 2.75) is 19.4 Å². The molecule has 1 fully saturated rings. The van der Waals surface area contributed by atoms with Gasteiger partial charge >= 0.3 is 0 Å². The van der Waals surface area contributed by atoms with Crippen LogP contribution in [0.4, 0.5) is 5.69 Å². The van der Waals surface area contributed by atoms with Crippen LogP contribution >= 0.6 is 0 Å². The maximum atomic E-state index is 5.48. The van der Waals surface area contributed by atoms with Gasteiger partial charge in [-0.05, 0) is 24.5 Å². The number of nitrogens with two attached hydrogens (primary N) is 1. The SMILES string of the molecule is NCCNCc1ccccc1N1CCCC1. The number of hydrogen-bond acceptors (Lipinski definition) is 3. The molecule has 0 atom stereocenters. The smallest absolute Gasteiger partial charge is 0.0411 e. The number of nitrogens with one attached hydrogen (secondary N) is 1. The lowest BCUT2D eigenvalue weighted by atomic mass is 10.1. The van der Waals surface area contributed by atoms with E-state index in [-0.39, 0.29) is 0 Å². The molecule has 0 spiro atoms. The Morgan fingerprint density at radius 3 is 2.69 bits per heavy atom. The Kier molecular flexibility index (Phi) is 4.19. The summed E-state index contributed by atoms with van der Waals surface area (Å²) in [6.45, 7) is 4.91. The molecule has 3 heteroatoms. The third-order valence-electron chi connectivity index (χ3n) is 3.07. The van der Waals surface area contributed by atoms with Crippen LogP contribution in [0.25, 0.3) is 0 Å². The van der Waals surface area contributed by atoms with Crippen molar-refractivity contribution >= 4 is 5.69 Å². The van der Waals surface area contributed by atoms with Crippen LogP contribution in [-0.4, -0.2) is 26.2 Å². The van der Waals surface area contributed by atoms with Gasteiger partial charge in [0, 0.05) is 38.4 Å². The van der Waals surface area contributed by atoms with Gasteiger partial charge in [-0.2, -0.15) is 0 Å². The largest absolute Gasteiger partial charge is 0.371 e. The highest BCUT2D eigenvalue weighted by molar-refractivity contribution is 5.54. The van der Waals surface area contributed by atoms with Gasteiger partial charge in [0.25, 0.3) is 0 Å². The summed E-state index contributed by atoms with van der Waals surface area (Å²) in [5, 5.41) is 3.36. The summed E-state index contributed by atoms with van der Waals surface area (Å²) in [6, 6.07) is 8.67. The number of para-hydroxylation sites is 1. The zero-order chi connectivity index (χ0) is 11.2. The summed E-state index contributed by atoms with van der Waals surface area (Å²) < 4.78 is 0. The molecule has 1 aromatic carbocycles. The minimum Gasteiger partial charge on any atom is -0.371 e. The van der Waals surface area contributed by atoms with Gasteiger partial charge in [-0.25, -0.2) is 0 Å². The Balaban J connectivity index is 2.04. The maximum absolute atomic E-state index is 5.48. The van der Waals surface area contributed by atoms with Crippen molar-refractivity contribution in [3.05, 3.63) is 29.8 Å². The summed E-state index contributed by atoms with van der Waals surface area (Å²) in [7, 11) is 0. The first kappa shape index (κ1) is 11.4. The number of anilines is 1. The molecule has 2 rings (SSSR count). The van der Waals surface area contributed by atoms with E-state index in [0.29, 0.717) is 6.54 Å². The Morgan fingerprint density at radius 1 is 1.19 bits per heavy atom. The van der Waals surface area contributed by atoms with Crippen molar-refractivity contribution in [1.82, 2.24) is 5.32 Å². The van der Waals surface area contributed by atoms with Gasteiger partial charge in [0.05, 0.1) is 0 Å². The van der Waals surface area contributed by atoms with Crippen LogP contribution in [0.3, 0.4) is 0 Å². The molecule has 0 saturated carbocycles. The molecule has 1 saturated heterocycles. The topological polar surface area (TPSA) is 41.3 Å². The number of rotatable bonds is 5. The van der Waals surface area contributed by atoms with Crippen LogP contribution < -0.4 is 16.0 Å². The minimum absolute atomic E-state index is 0.700. The highest BCUT2D eigenvalue weighted by Gasteiger charge is 2.14. The zero-order valence-corrected chi connectivity index (χ0v) is 9.78. The van der Waals surface area contributed by atoms with E-state index in [1.54, 1.807) is 0 Å². The molecule has 0 aromatic heterocycles. The lowest BCUT2D eigenvalue weighted by Crippen LogP contribution is -2.24. The van der Waals surface area contributed by atoms with Crippen molar-refractivity contribution in [3.63, 3.8) is 0 Å². The zero-order valence-electron chi connectivity index (χ0n) is 9.78. The second kappa shape index (κ2) is 5.87. The molecule has 0 unspecified atom stereocenters. The summed E-state index contributed by atoms with van der Waals surface area (Å²) in [5.74, 6) is 0. The third kappa shape index (κ3) is 2.74. The predicted octanol–water partition coefficient (Wildman–Crippen LogP) is 1.34. The second-order valence-corrected chi connectivity index (χ2v) is 4.29. The molecule has 1 aromatic rings. The Bertz CT molecular complexity index is 319. The molecular formula is C13H21N3.